The Morgan fingerprint density at radius 1 is 1.39 bits per heavy atom. The first-order valence-electron chi connectivity index (χ1n) is 5.48. The van der Waals surface area contributed by atoms with Crippen molar-refractivity contribution >= 4 is 27.5 Å². The Morgan fingerprint density at radius 2 is 2.22 bits per heavy atom. The smallest absolute Gasteiger partial charge is 0.146 e. The van der Waals surface area contributed by atoms with Crippen molar-refractivity contribution in [3.05, 3.63) is 51.3 Å². The second kappa shape index (κ2) is 6.27. The standard InChI is InChI=1S/C13H13BrClNO2/c1-16-7-9-4-5-17-13(9)8-18-12-3-2-10(15)6-11(12)14/h2-6,16H,7-8H2,1H3. The van der Waals surface area contributed by atoms with E-state index in [4.69, 9.17) is 20.8 Å². The van der Waals surface area contributed by atoms with Gasteiger partial charge in [-0.2, -0.15) is 0 Å². The highest BCUT2D eigenvalue weighted by Gasteiger charge is 2.08. The molecule has 0 atom stereocenters. The van der Waals surface area contributed by atoms with Crippen molar-refractivity contribution in [2.24, 2.45) is 0 Å². The Labute approximate surface area is 119 Å². The number of rotatable bonds is 5. The van der Waals surface area contributed by atoms with Crippen LogP contribution in [0.5, 0.6) is 5.75 Å². The summed E-state index contributed by atoms with van der Waals surface area (Å²) in [5, 5.41) is 3.75. The molecule has 2 aromatic rings. The molecule has 0 fully saturated rings. The Balaban J connectivity index is 2.04. The summed E-state index contributed by atoms with van der Waals surface area (Å²) in [5.41, 5.74) is 1.10. The maximum atomic E-state index is 5.87. The van der Waals surface area contributed by atoms with Crippen LogP contribution in [0, 0.1) is 0 Å². The van der Waals surface area contributed by atoms with E-state index in [1.165, 1.54) is 0 Å². The number of benzene rings is 1. The van der Waals surface area contributed by atoms with Gasteiger partial charge in [0, 0.05) is 17.1 Å². The van der Waals surface area contributed by atoms with Crippen molar-refractivity contribution in [1.29, 1.82) is 0 Å². The zero-order valence-corrected chi connectivity index (χ0v) is 12.2. The van der Waals surface area contributed by atoms with Crippen LogP contribution >= 0.6 is 27.5 Å². The van der Waals surface area contributed by atoms with Crippen LogP contribution in [-0.2, 0) is 13.2 Å². The molecule has 96 valence electrons. The van der Waals surface area contributed by atoms with Gasteiger partial charge >= 0.3 is 0 Å². The lowest BCUT2D eigenvalue weighted by molar-refractivity contribution is 0.266. The van der Waals surface area contributed by atoms with Crippen LogP contribution in [0.2, 0.25) is 5.02 Å². The molecular weight excluding hydrogens is 318 g/mol. The molecule has 0 aliphatic carbocycles. The molecule has 1 heterocycles. The second-order valence-electron chi connectivity index (χ2n) is 3.76. The highest BCUT2D eigenvalue weighted by Crippen LogP contribution is 2.28. The molecule has 0 bridgehead atoms. The molecule has 18 heavy (non-hydrogen) atoms. The zero-order valence-electron chi connectivity index (χ0n) is 9.87. The van der Waals surface area contributed by atoms with Gasteiger partial charge in [0.25, 0.3) is 0 Å². The first kappa shape index (κ1) is 13.5. The maximum absolute atomic E-state index is 5.87. The molecule has 0 saturated carbocycles. The predicted octanol–water partition coefficient (Wildman–Crippen LogP) is 3.99. The van der Waals surface area contributed by atoms with E-state index in [0.717, 1.165) is 28.1 Å². The monoisotopic (exact) mass is 329 g/mol. The molecule has 5 heteroatoms. The van der Waals surface area contributed by atoms with Crippen LogP contribution < -0.4 is 10.1 Å². The van der Waals surface area contributed by atoms with Gasteiger partial charge < -0.3 is 14.5 Å². The van der Waals surface area contributed by atoms with Crippen molar-refractivity contribution < 1.29 is 9.15 Å². The number of hydrogen-bond donors (Lipinski definition) is 1. The molecule has 1 aromatic carbocycles. The van der Waals surface area contributed by atoms with Crippen LogP contribution in [-0.4, -0.2) is 7.05 Å². The number of furan rings is 1. The average molecular weight is 331 g/mol. The maximum Gasteiger partial charge on any atom is 0.146 e. The second-order valence-corrected chi connectivity index (χ2v) is 5.05. The molecule has 3 nitrogen and oxygen atoms in total. The van der Waals surface area contributed by atoms with Gasteiger partial charge in [-0.25, -0.2) is 0 Å². The lowest BCUT2D eigenvalue weighted by Gasteiger charge is -2.08. The minimum absolute atomic E-state index is 0.393. The summed E-state index contributed by atoms with van der Waals surface area (Å²) in [6.07, 6.45) is 1.67. The minimum Gasteiger partial charge on any atom is -0.484 e. The fraction of sp³-hybridized carbons (Fsp3) is 0.231. The number of halogens is 2. The minimum atomic E-state index is 0.393. The van der Waals surface area contributed by atoms with E-state index < -0.39 is 0 Å². The van der Waals surface area contributed by atoms with E-state index in [-0.39, 0.29) is 0 Å². The van der Waals surface area contributed by atoms with E-state index in [2.05, 4.69) is 21.2 Å². The van der Waals surface area contributed by atoms with Crippen molar-refractivity contribution in [3.8, 4) is 5.75 Å². The quantitative estimate of drug-likeness (QED) is 0.900. The molecule has 1 aromatic heterocycles. The third-order valence-corrected chi connectivity index (χ3v) is 3.31. The third kappa shape index (κ3) is 3.28. The molecule has 0 aliphatic rings. The van der Waals surface area contributed by atoms with Crippen LogP contribution in [0.4, 0.5) is 0 Å². The van der Waals surface area contributed by atoms with Crippen LogP contribution in [0.3, 0.4) is 0 Å². The summed E-state index contributed by atoms with van der Waals surface area (Å²) >= 11 is 9.28. The van der Waals surface area contributed by atoms with Crippen molar-refractivity contribution in [3.63, 3.8) is 0 Å². The van der Waals surface area contributed by atoms with Gasteiger partial charge in [-0.1, -0.05) is 11.6 Å². The summed E-state index contributed by atoms with van der Waals surface area (Å²) in [4.78, 5) is 0. The molecule has 0 amide bonds. The fourth-order valence-electron chi connectivity index (χ4n) is 1.58. The van der Waals surface area contributed by atoms with Gasteiger partial charge in [0.1, 0.15) is 18.1 Å². The molecule has 0 saturated heterocycles. The Kier molecular flexibility index (Phi) is 4.69. The first-order valence-corrected chi connectivity index (χ1v) is 6.65. The highest BCUT2D eigenvalue weighted by atomic mass is 79.9. The first-order chi connectivity index (χ1) is 8.70. The lowest BCUT2D eigenvalue weighted by atomic mass is 10.2. The molecule has 0 radical (unpaired) electrons. The van der Waals surface area contributed by atoms with E-state index in [9.17, 15) is 0 Å². The van der Waals surface area contributed by atoms with Crippen LogP contribution in [0.25, 0.3) is 0 Å². The summed E-state index contributed by atoms with van der Waals surface area (Å²) < 4.78 is 11.9. The largest absolute Gasteiger partial charge is 0.484 e. The third-order valence-electron chi connectivity index (χ3n) is 2.46. The van der Waals surface area contributed by atoms with Crippen molar-refractivity contribution in [1.82, 2.24) is 5.32 Å². The van der Waals surface area contributed by atoms with Crippen LogP contribution in [0.1, 0.15) is 11.3 Å². The average Bonchev–Trinajstić information content (AvgIpc) is 2.76. The molecule has 1 N–H and O–H groups in total. The van der Waals surface area contributed by atoms with E-state index in [0.29, 0.717) is 11.6 Å². The Bertz CT molecular complexity index is 527. The molecule has 0 unspecified atom stereocenters. The number of nitrogens with one attached hydrogen (secondary N) is 1. The zero-order chi connectivity index (χ0) is 13.0. The van der Waals surface area contributed by atoms with Crippen molar-refractivity contribution in [2.75, 3.05) is 7.05 Å². The normalized spacial score (nSPS) is 10.6. The number of hydrogen-bond acceptors (Lipinski definition) is 3. The van der Waals surface area contributed by atoms with Gasteiger partial charge in [0.05, 0.1) is 10.7 Å². The molecular formula is C13H13BrClNO2. The van der Waals surface area contributed by atoms with E-state index >= 15 is 0 Å². The molecule has 0 aliphatic heterocycles. The summed E-state index contributed by atoms with van der Waals surface area (Å²) in [6, 6.07) is 7.35. The summed E-state index contributed by atoms with van der Waals surface area (Å²) in [7, 11) is 1.90. The highest BCUT2D eigenvalue weighted by molar-refractivity contribution is 9.10. The van der Waals surface area contributed by atoms with Gasteiger partial charge in [-0.05, 0) is 47.2 Å². The number of ether oxygens (including phenoxy) is 1. The van der Waals surface area contributed by atoms with Gasteiger partial charge in [0.15, 0.2) is 0 Å². The van der Waals surface area contributed by atoms with Gasteiger partial charge in [-0.15, -0.1) is 0 Å². The van der Waals surface area contributed by atoms with Crippen LogP contribution in [0.15, 0.2) is 39.4 Å². The fourth-order valence-corrected chi connectivity index (χ4v) is 2.37. The molecule has 2 rings (SSSR count). The van der Waals surface area contributed by atoms with Gasteiger partial charge in [0.2, 0.25) is 0 Å². The lowest BCUT2D eigenvalue weighted by Crippen LogP contribution is -2.07. The SMILES string of the molecule is CNCc1ccoc1COc1ccc(Cl)cc1Br. The van der Waals surface area contributed by atoms with E-state index in [1.54, 1.807) is 18.4 Å². The Morgan fingerprint density at radius 3 is 2.94 bits per heavy atom. The topological polar surface area (TPSA) is 34.4 Å². The van der Waals surface area contributed by atoms with Crippen molar-refractivity contribution in [2.45, 2.75) is 13.2 Å². The summed E-state index contributed by atoms with van der Waals surface area (Å²) in [6.45, 7) is 1.15. The predicted molar refractivity (Wildman–Crippen MR) is 75.0 cm³/mol. The molecule has 0 spiro atoms. The Hall–Kier alpha value is -0.970. The van der Waals surface area contributed by atoms with E-state index in [1.807, 2.05) is 19.2 Å². The summed E-state index contributed by atoms with van der Waals surface area (Å²) in [5.74, 6) is 1.57. The van der Waals surface area contributed by atoms with Gasteiger partial charge in [-0.3, -0.25) is 0 Å².